The standard InChI is InChI=1S/C38H54N7O10P/c1-9-12-24(13-10-2)19-52-33(48)23(5)44-56(51)54-21-38(20-53-34(49)28(22(3)4)41-36(50)55-37(6,7)8)17-26(38)18-45-30(25-14-11-15-27(46)16-25)40-29-31(45)42-35(39)43-32(29)47/h11,14-16,18,22-24,28H,9-10,12-13,17,19-21H2,1-8H3,(H5-,39,41,42,43,44,46,47,50,51)/p+1/b26-18-/t23-,28-,38-/m0/s1. The lowest BCUT2D eigenvalue weighted by Gasteiger charge is -2.25. The van der Waals surface area contributed by atoms with Crippen LogP contribution < -0.4 is 21.7 Å². The number of carbonyl (C=O) groups excluding carboxylic acids is 3. The van der Waals surface area contributed by atoms with Crippen molar-refractivity contribution >= 4 is 49.5 Å². The first-order chi connectivity index (χ1) is 26.4. The molecule has 0 aliphatic heterocycles. The molecule has 4 atom stereocenters. The number of nitrogens with one attached hydrogen (secondary N) is 3. The normalized spacial score (nSPS) is 17.5. The van der Waals surface area contributed by atoms with Crippen LogP contribution in [0.25, 0.3) is 28.8 Å². The van der Waals surface area contributed by atoms with Crippen molar-refractivity contribution in [2.45, 2.75) is 105 Å². The zero-order valence-corrected chi connectivity index (χ0v) is 34.2. The highest BCUT2D eigenvalue weighted by molar-refractivity contribution is 7.36. The van der Waals surface area contributed by atoms with Crippen LogP contribution in [0.2, 0.25) is 0 Å². The molecule has 1 unspecified atom stereocenters. The summed E-state index contributed by atoms with van der Waals surface area (Å²) in [7, 11) is -2.61. The molecule has 306 valence electrons. The highest BCUT2D eigenvalue weighted by Gasteiger charge is 2.53. The number of anilines is 1. The highest BCUT2D eigenvalue weighted by Crippen LogP contribution is 2.54. The minimum absolute atomic E-state index is 0.0137. The number of phenolic OH excluding ortho intramolecular Hbond substituents is 1. The average Bonchev–Trinajstić information content (AvgIpc) is 3.67. The molecular weight excluding hydrogens is 745 g/mol. The van der Waals surface area contributed by atoms with Crippen molar-refractivity contribution in [1.82, 2.24) is 29.9 Å². The van der Waals surface area contributed by atoms with Crippen molar-refractivity contribution in [2.75, 3.05) is 25.6 Å². The summed E-state index contributed by atoms with van der Waals surface area (Å²) in [6.45, 7) is 14.1. The van der Waals surface area contributed by atoms with Crippen LogP contribution in [-0.2, 0) is 32.9 Å². The molecular formula is C38H55N7O10P+. The van der Waals surface area contributed by atoms with Crippen LogP contribution in [0.1, 0.15) is 87.5 Å². The number of aromatic hydroxyl groups is 1. The summed E-state index contributed by atoms with van der Waals surface area (Å²) in [4.78, 5) is 63.0. The Morgan fingerprint density at radius 3 is 2.41 bits per heavy atom. The van der Waals surface area contributed by atoms with Gasteiger partial charge in [0.25, 0.3) is 5.56 Å². The molecule has 6 N–H and O–H groups in total. The first-order valence-electron chi connectivity index (χ1n) is 18.8. The number of fused-ring (bicyclic) bond motifs is 1. The van der Waals surface area contributed by atoms with Crippen LogP contribution in [0, 0.1) is 17.3 Å². The molecule has 3 aromatic rings. The van der Waals surface area contributed by atoms with Gasteiger partial charge in [-0.25, -0.2) is 14.6 Å². The van der Waals surface area contributed by atoms with Crippen LogP contribution in [0.5, 0.6) is 5.75 Å². The summed E-state index contributed by atoms with van der Waals surface area (Å²) in [5.74, 6) is -1.34. The first-order valence-corrected chi connectivity index (χ1v) is 20.0. The lowest BCUT2D eigenvalue weighted by Crippen LogP contribution is -2.47. The number of nitrogens with zero attached hydrogens (tertiary/aromatic N) is 3. The van der Waals surface area contributed by atoms with Gasteiger partial charge in [0.2, 0.25) is 5.95 Å². The van der Waals surface area contributed by atoms with E-state index < -0.39 is 54.9 Å². The molecule has 0 saturated heterocycles. The predicted octanol–water partition coefficient (Wildman–Crippen LogP) is 5.81. The first kappa shape index (κ1) is 43.9. The van der Waals surface area contributed by atoms with Gasteiger partial charge in [-0.3, -0.25) is 19.1 Å². The van der Waals surface area contributed by atoms with E-state index in [4.69, 9.17) is 24.5 Å². The minimum Gasteiger partial charge on any atom is -0.508 e. The smallest absolute Gasteiger partial charge is 0.508 e. The minimum atomic E-state index is -2.61. The maximum Gasteiger partial charge on any atom is 0.613 e. The second kappa shape index (κ2) is 18.9. The topological polar surface area (TPSA) is 239 Å². The Kier molecular flexibility index (Phi) is 14.8. The van der Waals surface area contributed by atoms with Crippen molar-refractivity contribution in [3.63, 3.8) is 0 Å². The number of imidazole rings is 1. The molecule has 0 radical (unpaired) electrons. The van der Waals surface area contributed by atoms with Crippen molar-refractivity contribution < 1.29 is 42.8 Å². The molecule has 2 heterocycles. The van der Waals surface area contributed by atoms with E-state index in [1.807, 2.05) is 0 Å². The predicted molar refractivity (Wildman–Crippen MR) is 210 cm³/mol. The van der Waals surface area contributed by atoms with Crippen molar-refractivity contribution in [3.05, 3.63) is 40.2 Å². The molecule has 2 aromatic heterocycles. The number of phenols is 1. The number of ether oxygens (including phenoxy) is 3. The maximum atomic E-state index is 13.5. The van der Waals surface area contributed by atoms with E-state index in [0.29, 0.717) is 11.1 Å². The Labute approximate surface area is 327 Å². The zero-order valence-electron chi connectivity index (χ0n) is 33.3. The van der Waals surface area contributed by atoms with Gasteiger partial charge in [0, 0.05) is 11.8 Å². The van der Waals surface area contributed by atoms with Crippen LogP contribution in [0.15, 0.2) is 34.6 Å². The summed E-state index contributed by atoms with van der Waals surface area (Å²) in [6, 6.07) is 4.28. The molecule has 17 nitrogen and oxygen atoms in total. The third-order valence-electron chi connectivity index (χ3n) is 9.09. The number of esters is 2. The molecule has 1 aliphatic carbocycles. The quantitative estimate of drug-likeness (QED) is 0.0547. The molecule has 1 aromatic carbocycles. The fraction of sp³-hybridized carbons (Fsp3) is 0.579. The Hall–Kier alpha value is -4.86. The highest BCUT2D eigenvalue weighted by atomic mass is 31.1. The fourth-order valence-electron chi connectivity index (χ4n) is 6.07. The SMILES string of the molecule is CCCC(CCC)COC(=O)[C@H](C)N[P+](=O)OC[C@@]1(COC(=O)[C@@H](NC(=O)OC(C)(C)C)C(C)C)C/C1=C/n1c(-c2cccc(O)c2)nc2c(=O)[nH]c(N)nc21. The summed E-state index contributed by atoms with van der Waals surface area (Å²) in [6.07, 6.45) is 4.95. The Morgan fingerprint density at radius 2 is 1.79 bits per heavy atom. The number of alkyl carbamates (subject to hydrolysis) is 1. The number of hydrogen-bond acceptors (Lipinski definition) is 13. The van der Waals surface area contributed by atoms with E-state index in [-0.39, 0.29) is 66.8 Å². The number of H-pyrrole nitrogens is 1. The van der Waals surface area contributed by atoms with Gasteiger partial charge in [0.05, 0.1) is 12.0 Å². The van der Waals surface area contributed by atoms with Gasteiger partial charge in [-0.1, -0.05) is 57.8 Å². The number of rotatable bonds is 19. The summed E-state index contributed by atoms with van der Waals surface area (Å²) >= 11 is 0. The monoisotopic (exact) mass is 800 g/mol. The van der Waals surface area contributed by atoms with Crippen LogP contribution in [0.3, 0.4) is 0 Å². The largest absolute Gasteiger partial charge is 0.613 e. The molecule has 0 spiro atoms. The van der Waals surface area contributed by atoms with Crippen LogP contribution in [0.4, 0.5) is 10.7 Å². The fourth-order valence-corrected chi connectivity index (χ4v) is 6.93. The lowest BCUT2D eigenvalue weighted by atomic mass is 9.99. The van der Waals surface area contributed by atoms with E-state index in [1.165, 1.54) is 23.6 Å². The Balaban J connectivity index is 1.61. The molecule has 18 heteroatoms. The van der Waals surface area contributed by atoms with E-state index in [0.717, 1.165) is 25.7 Å². The molecule has 1 saturated carbocycles. The summed E-state index contributed by atoms with van der Waals surface area (Å²) in [5.41, 5.74) is 4.71. The van der Waals surface area contributed by atoms with Gasteiger partial charge in [-0.15, -0.1) is 4.52 Å². The Bertz CT molecular complexity index is 1980. The number of aromatic amines is 1. The van der Waals surface area contributed by atoms with Gasteiger partial charge < -0.3 is 30.4 Å². The number of nitrogens with two attached hydrogens (primary N) is 1. The molecule has 1 fully saturated rings. The number of hydrogen-bond donors (Lipinski definition) is 5. The molecule has 56 heavy (non-hydrogen) atoms. The number of nitrogen functional groups attached to an aromatic ring is 1. The van der Waals surface area contributed by atoms with Crippen molar-refractivity contribution in [2.24, 2.45) is 17.3 Å². The lowest BCUT2D eigenvalue weighted by molar-refractivity contribution is -0.149. The van der Waals surface area contributed by atoms with Gasteiger partial charge >= 0.3 is 26.2 Å². The maximum absolute atomic E-state index is 13.5. The molecule has 4 rings (SSSR count). The van der Waals surface area contributed by atoms with Gasteiger partial charge in [0.1, 0.15) is 42.5 Å². The number of amides is 1. The Morgan fingerprint density at radius 1 is 1.09 bits per heavy atom. The van der Waals surface area contributed by atoms with Crippen LogP contribution in [-0.4, -0.2) is 80.2 Å². The number of benzene rings is 1. The van der Waals surface area contributed by atoms with Gasteiger partial charge in [-0.05, 0) is 81.1 Å². The van der Waals surface area contributed by atoms with Crippen LogP contribution >= 0.6 is 8.18 Å². The van der Waals surface area contributed by atoms with E-state index in [1.54, 1.807) is 53.0 Å². The average molecular weight is 801 g/mol. The van der Waals surface area contributed by atoms with Crippen molar-refractivity contribution in [3.8, 4) is 17.1 Å². The second-order valence-corrected chi connectivity index (χ2v) is 16.6. The molecule has 1 aliphatic rings. The van der Waals surface area contributed by atoms with Crippen molar-refractivity contribution in [1.29, 1.82) is 0 Å². The summed E-state index contributed by atoms with van der Waals surface area (Å²) in [5, 5.41) is 15.5. The number of carbonyl (C=O) groups is 3. The third-order valence-corrected chi connectivity index (χ3v) is 10.1. The second-order valence-electron chi connectivity index (χ2n) is 15.5. The van der Waals surface area contributed by atoms with E-state index in [9.17, 15) is 28.8 Å². The van der Waals surface area contributed by atoms with E-state index in [2.05, 4.69) is 39.2 Å². The van der Waals surface area contributed by atoms with Gasteiger partial charge in [-0.2, -0.15) is 4.98 Å². The third kappa shape index (κ3) is 11.8. The zero-order chi connectivity index (χ0) is 41.4. The number of aromatic nitrogens is 4. The van der Waals surface area contributed by atoms with E-state index >= 15 is 0 Å². The molecule has 1 amide bonds. The summed E-state index contributed by atoms with van der Waals surface area (Å²) < 4.78 is 37.2. The van der Waals surface area contributed by atoms with Gasteiger partial charge in [0.15, 0.2) is 11.2 Å². The molecule has 0 bridgehead atoms.